The minimum Gasteiger partial charge on any atom is -0.343 e. The van der Waals surface area contributed by atoms with Crippen molar-refractivity contribution in [3.8, 4) is 0 Å². The van der Waals surface area contributed by atoms with Crippen LogP contribution in [0.25, 0.3) is 0 Å². The fraction of sp³-hybridized carbons (Fsp3) is 0.923. The van der Waals surface area contributed by atoms with Crippen LogP contribution in [-0.2, 0) is 4.79 Å². The van der Waals surface area contributed by atoms with Gasteiger partial charge in [0.2, 0.25) is 5.91 Å². The summed E-state index contributed by atoms with van der Waals surface area (Å²) in [5.74, 6) is 1.05. The molecule has 2 aliphatic heterocycles. The molecule has 2 aliphatic rings. The van der Waals surface area contributed by atoms with E-state index in [-0.39, 0.29) is 5.91 Å². The minimum absolute atomic E-state index is 0.223. The Morgan fingerprint density at radius 1 is 1.24 bits per heavy atom. The second-order valence-corrected chi connectivity index (χ2v) is 5.61. The molecule has 0 bridgehead atoms. The summed E-state index contributed by atoms with van der Waals surface area (Å²) in [6.07, 6.45) is 3.56. The van der Waals surface area contributed by atoms with E-state index in [2.05, 4.69) is 17.3 Å². The maximum Gasteiger partial charge on any atom is 0.219 e. The zero-order valence-corrected chi connectivity index (χ0v) is 11.1. The van der Waals surface area contributed by atoms with E-state index >= 15 is 0 Å². The van der Waals surface area contributed by atoms with Crippen LogP contribution in [0.2, 0.25) is 0 Å². The molecule has 2 fully saturated rings. The molecule has 1 unspecified atom stereocenters. The van der Waals surface area contributed by atoms with Crippen molar-refractivity contribution in [3.63, 3.8) is 0 Å². The van der Waals surface area contributed by atoms with Gasteiger partial charge in [0.15, 0.2) is 0 Å². The van der Waals surface area contributed by atoms with E-state index in [1.54, 1.807) is 6.92 Å². The number of piperidine rings is 1. The van der Waals surface area contributed by atoms with Crippen LogP contribution in [-0.4, -0.2) is 61.5 Å². The van der Waals surface area contributed by atoms with E-state index in [0.717, 1.165) is 38.4 Å². The summed E-state index contributed by atoms with van der Waals surface area (Å²) in [5.41, 5.74) is 0. The SMILES string of the molecule is CC(=O)N1CCC(NCC2CCN(C)C2)CC1. The predicted molar refractivity (Wildman–Crippen MR) is 68.9 cm³/mol. The zero-order valence-electron chi connectivity index (χ0n) is 11.1. The monoisotopic (exact) mass is 239 g/mol. The van der Waals surface area contributed by atoms with Crippen LogP contribution in [0.4, 0.5) is 0 Å². The molecule has 4 nitrogen and oxygen atoms in total. The van der Waals surface area contributed by atoms with Crippen molar-refractivity contribution in [2.24, 2.45) is 5.92 Å². The normalized spacial score (nSPS) is 27.6. The number of nitrogens with zero attached hydrogens (tertiary/aromatic N) is 2. The van der Waals surface area contributed by atoms with Gasteiger partial charge < -0.3 is 15.1 Å². The lowest BCUT2D eigenvalue weighted by Gasteiger charge is -2.32. The summed E-state index contributed by atoms with van der Waals surface area (Å²) in [5, 5.41) is 3.68. The fourth-order valence-electron chi connectivity index (χ4n) is 2.92. The lowest BCUT2D eigenvalue weighted by molar-refractivity contribution is -0.129. The summed E-state index contributed by atoms with van der Waals surface area (Å²) in [7, 11) is 2.20. The van der Waals surface area contributed by atoms with Gasteiger partial charge in [-0.05, 0) is 45.3 Å². The molecule has 4 heteroatoms. The number of hydrogen-bond donors (Lipinski definition) is 1. The van der Waals surface area contributed by atoms with E-state index in [1.165, 1.54) is 19.5 Å². The average Bonchev–Trinajstić information content (AvgIpc) is 2.73. The molecule has 2 rings (SSSR count). The van der Waals surface area contributed by atoms with E-state index in [4.69, 9.17) is 0 Å². The Bertz CT molecular complexity index is 261. The Balaban J connectivity index is 1.63. The quantitative estimate of drug-likeness (QED) is 0.781. The van der Waals surface area contributed by atoms with E-state index < -0.39 is 0 Å². The van der Waals surface area contributed by atoms with Crippen LogP contribution >= 0.6 is 0 Å². The van der Waals surface area contributed by atoms with E-state index in [9.17, 15) is 4.79 Å². The molecule has 17 heavy (non-hydrogen) atoms. The lowest BCUT2D eigenvalue weighted by atomic mass is 10.0. The van der Waals surface area contributed by atoms with Crippen molar-refractivity contribution in [1.82, 2.24) is 15.1 Å². The highest BCUT2D eigenvalue weighted by molar-refractivity contribution is 5.73. The van der Waals surface area contributed by atoms with Crippen LogP contribution in [0.1, 0.15) is 26.2 Å². The predicted octanol–water partition coefficient (Wildman–Crippen LogP) is 0.539. The van der Waals surface area contributed by atoms with Crippen molar-refractivity contribution in [2.45, 2.75) is 32.2 Å². The van der Waals surface area contributed by atoms with Crippen LogP contribution < -0.4 is 5.32 Å². The standard InChI is InChI=1S/C13H25N3O/c1-11(17)16-7-4-13(5-8-16)14-9-12-3-6-15(2)10-12/h12-14H,3-10H2,1-2H3. The third kappa shape index (κ3) is 3.68. The fourth-order valence-corrected chi connectivity index (χ4v) is 2.92. The van der Waals surface area contributed by atoms with Crippen molar-refractivity contribution < 1.29 is 4.79 Å². The molecular weight excluding hydrogens is 214 g/mol. The van der Waals surface area contributed by atoms with E-state index in [0.29, 0.717) is 6.04 Å². The van der Waals surface area contributed by atoms with Crippen LogP contribution in [0.15, 0.2) is 0 Å². The molecule has 0 radical (unpaired) electrons. The van der Waals surface area contributed by atoms with Crippen molar-refractivity contribution >= 4 is 5.91 Å². The first-order valence-corrected chi connectivity index (χ1v) is 6.82. The number of likely N-dealkylation sites (tertiary alicyclic amines) is 2. The average molecular weight is 239 g/mol. The van der Waals surface area contributed by atoms with Crippen molar-refractivity contribution in [3.05, 3.63) is 0 Å². The minimum atomic E-state index is 0.223. The Hall–Kier alpha value is -0.610. The molecule has 0 spiro atoms. The maximum atomic E-state index is 11.2. The lowest BCUT2D eigenvalue weighted by Crippen LogP contribution is -2.45. The molecule has 0 aromatic heterocycles. The summed E-state index contributed by atoms with van der Waals surface area (Å²) >= 11 is 0. The van der Waals surface area contributed by atoms with E-state index in [1.807, 2.05) is 4.90 Å². The molecule has 0 aromatic rings. The molecule has 2 saturated heterocycles. The number of amides is 1. The smallest absolute Gasteiger partial charge is 0.219 e. The number of rotatable bonds is 3. The van der Waals surface area contributed by atoms with Gasteiger partial charge >= 0.3 is 0 Å². The molecule has 98 valence electrons. The first kappa shape index (κ1) is 12.8. The number of hydrogen-bond acceptors (Lipinski definition) is 3. The van der Waals surface area contributed by atoms with Crippen molar-refractivity contribution in [1.29, 1.82) is 0 Å². The van der Waals surface area contributed by atoms with Crippen LogP contribution in [0.5, 0.6) is 0 Å². The topological polar surface area (TPSA) is 35.6 Å². The third-order valence-electron chi connectivity index (χ3n) is 4.12. The largest absolute Gasteiger partial charge is 0.343 e. The first-order chi connectivity index (χ1) is 8.15. The third-order valence-corrected chi connectivity index (χ3v) is 4.12. The zero-order chi connectivity index (χ0) is 12.3. The van der Waals surface area contributed by atoms with Gasteiger partial charge in [-0.25, -0.2) is 0 Å². The number of carbonyl (C=O) groups is 1. The highest BCUT2D eigenvalue weighted by atomic mass is 16.2. The second kappa shape index (κ2) is 5.83. The Morgan fingerprint density at radius 2 is 1.94 bits per heavy atom. The summed E-state index contributed by atoms with van der Waals surface area (Å²) in [4.78, 5) is 15.6. The van der Waals surface area contributed by atoms with Crippen LogP contribution in [0, 0.1) is 5.92 Å². The second-order valence-electron chi connectivity index (χ2n) is 5.61. The Kier molecular flexibility index (Phi) is 4.40. The molecule has 0 aromatic carbocycles. The van der Waals surface area contributed by atoms with Crippen molar-refractivity contribution in [2.75, 3.05) is 39.8 Å². The van der Waals surface area contributed by atoms with Gasteiger partial charge in [0.1, 0.15) is 0 Å². The number of carbonyl (C=O) groups excluding carboxylic acids is 1. The first-order valence-electron chi connectivity index (χ1n) is 6.82. The summed E-state index contributed by atoms with van der Waals surface area (Å²) in [6.45, 7) is 7.15. The molecule has 1 N–H and O–H groups in total. The molecule has 0 aliphatic carbocycles. The molecule has 2 heterocycles. The molecular formula is C13H25N3O. The van der Waals surface area contributed by atoms with Gasteiger partial charge in [-0.1, -0.05) is 0 Å². The highest BCUT2D eigenvalue weighted by Crippen LogP contribution is 2.15. The van der Waals surface area contributed by atoms with Gasteiger partial charge in [0.05, 0.1) is 0 Å². The molecule has 0 saturated carbocycles. The maximum absolute atomic E-state index is 11.2. The summed E-state index contributed by atoms with van der Waals surface area (Å²) < 4.78 is 0. The molecule has 1 atom stereocenters. The van der Waals surface area contributed by atoms with Gasteiger partial charge in [-0.15, -0.1) is 0 Å². The number of nitrogens with one attached hydrogen (secondary N) is 1. The summed E-state index contributed by atoms with van der Waals surface area (Å²) in [6, 6.07) is 0.622. The van der Waals surface area contributed by atoms with Gasteiger partial charge in [-0.2, -0.15) is 0 Å². The molecule has 1 amide bonds. The van der Waals surface area contributed by atoms with Gasteiger partial charge in [0.25, 0.3) is 0 Å². The highest BCUT2D eigenvalue weighted by Gasteiger charge is 2.23. The Labute approximate surface area is 104 Å². The van der Waals surface area contributed by atoms with Gasteiger partial charge in [-0.3, -0.25) is 4.79 Å². The van der Waals surface area contributed by atoms with Crippen LogP contribution in [0.3, 0.4) is 0 Å². The Morgan fingerprint density at radius 3 is 2.47 bits per heavy atom. The van der Waals surface area contributed by atoms with Gasteiger partial charge in [0, 0.05) is 32.6 Å².